The minimum absolute atomic E-state index is 0.708. The van der Waals surface area contributed by atoms with Gasteiger partial charge >= 0.3 is 0 Å². The Balaban J connectivity index is 1.29. The van der Waals surface area contributed by atoms with Crippen LogP contribution in [0.1, 0.15) is 47.1 Å². The first kappa shape index (κ1) is 21.2. The van der Waals surface area contributed by atoms with Crippen molar-refractivity contribution in [3.63, 3.8) is 0 Å². The van der Waals surface area contributed by atoms with E-state index in [4.69, 9.17) is 11.6 Å². The van der Waals surface area contributed by atoms with Gasteiger partial charge in [-0.15, -0.1) is 0 Å². The maximum atomic E-state index is 11.1. The van der Waals surface area contributed by atoms with Gasteiger partial charge in [-0.2, -0.15) is 0 Å². The lowest BCUT2D eigenvalue weighted by atomic mass is 9.84. The number of nitrogens with zero attached hydrogens (tertiary/aromatic N) is 1. The third kappa shape index (κ3) is 4.31. The highest BCUT2D eigenvalue weighted by Gasteiger charge is 2.33. The first-order valence-electron chi connectivity index (χ1n) is 11.4. The van der Waals surface area contributed by atoms with E-state index in [1.807, 2.05) is 24.3 Å². The SMILES string of the molecule is OC1(c2ccc(Cl)cc2)CCN(CCC=C2c3ccccc3C=Cc3ccccc32)CC1. The summed E-state index contributed by atoms with van der Waals surface area (Å²) in [5.41, 5.74) is 6.67. The number of rotatable bonds is 4. The molecule has 1 saturated heterocycles. The van der Waals surface area contributed by atoms with Gasteiger partial charge in [-0.25, -0.2) is 0 Å². The standard InChI is InChI=1S/C29H28ClNO/c30-25-15-13-24(14-16-25)29(32)17-20-31(21-18-29)19-5-10-28-26-8-3-1-6-22(26)11-12-23-7-2-4-9-27(23)28/h1-4,6-16,32H,5,17-21H2. The third-order valence-electron chi connectivity index (χ3n) is 6.80. The zero-order valence-electron chi connectivity index (χ0n) is 18.2. The Labute approximate surface area is 195 Å². The highest BCUT2D eigenvalue weighted by Crippen LogP contribution is 2.35. The topological polar surface area (TPSA) is 23.5 Å². The van der Waals surface area contributed by atoms with Gasteiger partial charge in [0.15, 0.2) is 0 Å². The largest absolute Gasteiger partial charge is 0.385 e. The minimum atomic E-state index is -0.746. The van der Waals surface area contributed by atoms with Crippen LogP contribution in [0.4, 0.5) is 0 Å². The van der Waals surface area contributed by atoms with E-state index in [-0.39, 0.29) is 0 Å². The van der Waals surface area contributed by atoms with Crippen molar-refractivity contribution in [1.29, 1.82) is 0 Å². The molecule has 3 aromatic carbocycles. The van der Waals surface area contributed by atoms with Crippen LogP contribution in [0.25, 0.3) is 17.7 Å². The predicted octanol–water partition coefficient (Wildman–Crippen LogP) is 6.63. The van der Waals surface area contributed by atoms with Crippen LogP contribution in [-0.4, -0.2) is 29.6 Å². The number of fused-ring (bicyclic) bond motifs is 2. The molecule has 32 heavy (non-hydrogen) atoms. The second kappa shape index (κ2) is 9.07. The summed E-state index contributed by atoms with van der Waals surface area (Å²) >= 11 is 6.01. The molecule has 5 rings (SSSR count). The molecule has 0 bridgehead atoms. The molecule has 1 fully saturated rings. The van der Waals surface area contributed by atoms with Crippen LogP contribution in [0, 0.1) is 0 Å². The molecule has 0 saturated carbocycles. The van der Waals surface area contributed by atoms with Gasteiger partial charge in [-0.05, 0) is 64.8 Å². The van der Waals surface area contributed by atoms with Gasteiger partial charge in [0, 0.05) is 24.7 Å². The number of hydrogen-bond acceptors (Lipinski definition) is 2. The van der Waals surface area contributed by atoms with Crippen molar-refractivity contribution in [3.05, 3.63) is 112 Å². The maximum absolute atomic E-state index is 11.1. The van der Waals surface area contributed by atoms with E-state index in [0.29, 0.717) is 5.02 Å². The highest BCUT2D eigenvalue weighted by molar-refractivity contribution is 6.30. The fourth-order valence-corrected chi connectivity index (χ4v) is 5.03. The van der Waals surface area contributed by atoms with E-state index < -0.39 is 5.60 Å². The molecule has 0 spiro atoms. The predicted molar refractivity (Wildman–Crippen MR) is 135 cm³/mol. The zero-order chi connectivity index (χ0) is 22.0. The third-order valence-corrected chi connectivity index (χ3v) is 7.05. The first-order valence-corrected chi connectivity index (χ1v) is 11.8. The van der Waals surface area contributed by atoms with Crippen LogP contribution in [0.15, 0.2) is 78.9 Å². The Hall–Kier alpha value is -2.65. The van der Waals surface area contributed by atoms with Crippen molar-refractivity contribution in [2.75, 3.05) is 19.6 Å². The summed E-state index contributed by atoms with van der Waals surface area (Å²) in [5.74, 6) is 0. The summed E-state index contributed by atoms with van der Waals surface area (Å²) in [5, 5.41) is 11.8. The van der Waals surface area contributed by atoms with Crippen molar-refractivity contribution in [1.82, 2.24) is 4.90 Å². The molecule has 3 aromatic rings. The summed E-state index contributed by atoms with van der Waals surface area (Å²) in [4.78, 5) is 2.47. The quantitative estimate of drug-likeness (QED) is 0.384. The molecule has 0 radical (unpaired) electrons. The Morgan fingerprint density at radius 2 is 1.38 bits per heavy atom. The lowest BCUT2D eigenvalue weighted by Crippen LogP contribution is -2.42. The molecule has 3 heteroatoms. The van der Waals surface area contributed by atoms with E-state index >= 15 is 0 Å². The normalized spacial score (nSPS) is 17.4. The summed E-state index contributed by atoms with van der Waals surface area (Å²) in [6.07, 6.45) is 9.32. The van der Waals surface area contributed by atoms with Gasteiger partial charge in [0.2, 0.25) is 0 Å². The van der Waals surface area contributed by atoms with Crippen LogP contribution in [-0.2, 0) is 5.60 Å². The number of hydrogen-bond donors (Lipinski definition) is 1. The molecule has 2 aliphatic rings. The van der Waals surface area contributed by atoms with Gasteiger partial charge in [-0.3, -0.25) is 0 Å². The Morgan fingerprint density at radius 1 is 0.812 bits per heavy atom. The Kier molecular flexibility index (Phi) is 6.01. The van der Waals surface area contributed by atoms with E-state index in [0.717, 1.165) is 44.5 Å². The van der Waals surface area contributed by atoms with Crippen LogP contribution in [0.3, 0.4) is 0 Å². The molecule has 1 N–H and O–H groups in total. The molecule has 1 aliphatic carbocycles. The summed E-state index contributed by atoms with van der Waals surface area (Å²) in [6, 6.07) is 24.9. The van der Waals surface area contributed by atoms with Crippen LogP contribution in [0.2, 0.25) is 5.02 Å². The van der Waals surface area contributed by atoms with Crippen molar-refractivity contribution >= 4 is 29.3 Å². The maximum Gasteiger partial charge on any atom is 0.0920 e. The number of benzene rings is 3. The fourth-order valence-electron chi connectivity index (χ4n) is 4.91. The number of halogens is 1. The van der Waals surface area contributed by atoms with Crippen molar-refractivity contribution < 1.29 is 5.11 Å². The van der Waals surface area contributed by atoms with Crippen molar-refractivity contribution in [2.24, 2.45) is 0 Å². The molecule has 0 amide bonds. The van der Waals surface area contributed by atoms with E-state index in [9.17, 15) is 5.11 Å². The van der Waals surface area contributed by atoms with Crippen LogP contribution >= 0.6 is 11.6 Å². The van der Waals surface area contributed by atoms with Gasteiger partial charge in [-0.1, -0.05) is 90.5 Å². The highest BCUT2D eigenvalue weighted by atomic mass is 35.5. The van der Waals surface area contributed by atoms with Crippen LogP contribution < -0.4 is 0 Å². The minimum Gasteiger partial charge on any atom is -0.385 e. The molecule has 2 nitrogen and oxygen atoms in total. The average molecular weight is 442 g/mol. The number of piperidine rings is 1. The van der Waals surface area contributed by atoms with Gasteiger partial charge in [0.05, 0.1) is 5.60 Å². The van der Waals surface area contributed by atoms with Gasteiger partial charge in [0.1, 0.15) is 0 Å². The molecule has 162 valence electrons. The summed E-state index contributed by atoms with van der Waals surface area (Å²) in [7, 11) is 0. The zero-order valence-corrected chi connectivity index (χ0v) is 18.9. The lowest BCUT2D eigenvalue weighted by molar-refractivity contribution is -0.0254. The second-order valence-electron chi connectivity index (χ2n) is 8.79. The molecule has 1 heterocycles. The van der Waals surface area contributed by atoms with Gasteiger partial charge < -0.3 is 10.0 Å². The molecule has 1 aliphatic heterocycles. The molecular weight excluding hydrogens is 414 g/mol. The molecule has 0 atom stereocenters. The smallest absolute Gasteiger partial charge is 0.0920 e. The second-order valence-corrected chi connectivity index (χ2v) is 9.23. The molecule has 0 aromatic heterocycles. The van der Waals surface area contributed by atoms with Crippen molar-refractivity contribution in [2.45, 2.75) is 24.9 Å². The van der Waals surface area contributed by atoms with E-state index in [1.165, 1.54) is 27.8 Å². The Bertz CT molecular complexity index is 1100. The Morgan fingerprint density at radius 3 is 1.97 bits per heavy atom. The summed E-state index contributed by atoms with van der Waals surface area (Å²) in [6.45, 7) is 2.80. The number of likely N-dealkylation sites (tertiary alicyclic amines) is 1. The van der Waals surface area contributed by atoms with Crippen LogP contribution in [0.5, 0.6) is 0 Å². The first-order chi connectivity index (χ1) is 15.6. The number of aliphatic hydroxyl groups is 1. The van der Waals surface area contributed by atoms with Crippen molar-refractivity contribution in [3.8, 4) is 0 Å². The van der Waals surface area contributed by atoms with E-state index in [1.54, 1.807) is 0 Å². The monoisotopic (exact) mass is 441 g/mol. The van der Waals surface area contributed by atoms with Gasteiger partial charge in [0.25, 0.3) is 0 Å². The lowest BCUT2D eigenvalue weighted by Gasteiger charge is -2.38. The molecular formula is C29H28ClNO. The summed E-state index contributed by atoms with van der Waals surface area (Å²) < 4.78 is 0. The molecule has 0 unspecified atom stereocenters. The van der Waals surface area contributed by atoms with E-state index in [2.05, 4.69) is 71.7 Å². The fraction of sp³-hybridized carbons (Fsp3) is 0.241. The average Bonchev–Trinajstić information content (AvgIpc) is 2.98.